The Morgan fingerprint density at radius 1 is 1.10 bits per heavy atom. The van der Waals surface area contributed by atoms with Crippen LogP contribution in [0.25, 0.3) is 0 Å². The molecule has 0 bridgehead atoms. The molecule has 1 aliphatic carbocycles. The molecule has 2 aliphatic heterocycles. The monoisotopic (exact) mass is 414 g/mol. The SMILES string of the molecule is CN(C)C(=O)[C@@]12CCCN(C(=O)NC3CCCCC3)C[C@@H]1CN(c1ncccn1)C2. The fourth-order valence-corrected chi connectivity index (χ4v) is 5.53. The van der Waals surface area contributed by atoms with E-state index in [1.807, 2.05) is 19.0 Å². The minimum atomic E-state index is -0.497. The molecule has 2 saturated heterocycles. The first kappa shape index (κ1) is 20.9. The van der Waals surface area contributed by atoms with Crippen molar-refractivity contribution in [2.45, 2.75) is 51.0 Å². The molecule has 164 valence electrons. The summed E-state index contributed by atoms with van der Waals surface area (Å²) in [6.07, 6.45) is 10.9. The number of carbonyl (C=O) groups is 2. The average molecular weight is 415 g/mol. The third kappa shape index (κ3) is 4.09. The number of likely N-dealkylation sites (tertiary alicyclic amines) is 1. The topological polar surface area (TPSA) is 81.7 Å². The van der Waals surface area contributed by atoms with E-state index in [0.717, 1.165) is 25.7 Å². The van der Waals surface area contributed by atoms with E-state index < -0.39 is 5.41 Å². The molecule has 1 aromatic heterocycles. The molecule has 4 rings (SSSR count). The van der Waals surface area contributed by atoms with Crippen molar-refractivity contribution < 1.29 is 9.59 Å². The Bertz CT molecular complexity index is 751. The third-order valence-corrected chi connectivity index (χ3v) is 7.07. The highest BCUT2D eigenvalue weighted by Gasteiger charge is 2.54. The van der Waals surface area contributed by atoms with Gasteiger partial charge in [0.05, 0.1) is 5.41 Å². The summed E-state index contributed by atoms with van der Waals surface area (Å²) in [5.74, 6) is 0.881. The highest BCUT2D eigenvalue weighted by Crippen LogP contribution is 2.44. The van der Waals surface area contributed by atoms with Gasteiger partial charge in [0.25, 0.3) is 0 Å². The quantitative estimate of drug-likeness (QED) is 0.819. The zero-order valence-corrected chi connectivity index (χ0v) is 18.2. The largest absolute Gasteiger partial charge is 0.348 e. The second kappa shape index (κ2) is 8.78. The molecule has 3 fully saturated rings. The number of rotatable bonds is 3. The number of aromatic nitrogens is 2. The fraction of sp³-hybridized carbons (Fsp3) is 0.727. The molecule has 0 unspecified atom stereocenters. The predicted molar refractivity (Wildman–Crippen MR) is 115 cm³/mol. The Kier molecular flexibility index (Phi) is 6.11. The molecule has 3 heterocycles. The fourth-order valence-electron chi connectivity index (χ4n) is 5.53. The van der Waals surface area contributed by atoms with Crippen molar-refractivity contribution in [3.63, 3.8) is 0 Å². The van der Waals surface area contributed by atoms with E-state index in [1.165, 1.54) is 19.3 Å². The summed E-state index contributed by atoms with van der Waals surface area (Å²) in [4.78, 5) is 41.0. The van der Waals surface area contributed by atoms with Crippen LogP contribution in [0.5, 0.6) is 0 Å². The number of nitrogens with zero attached hydrogens (tertiary/aromatic N) is 5. The number of hydrogen-bond donors (Lipinski definition) is 1. The van der Waals surface area contributed by atoms with E-state index in [1.54, 1.807) is 23.4 Å². The normalized spacial score (nSPS) is 27.3. The molecule has 0 radical (unpaired) electrons. The summed E-state index contributed by atoms with van der Waals surface area (Å²) < 4.78 is 0. The van der Waals surface area contributed by atoms with E-state index in [9.17, 15) is 9.59 Å². The zero-order chi connectivity index (χ0) is 21.1. The van der Waals surface area contributed by atoms with Crippen LogP contribution in [0.4, 0.5) is 10.7 Å². The van der Waals surface area contributed by atoms with Gasteiger partial charge in [0, 0.05) is 64.6 Å². The second-order valence-corrected chi connectivity index (χ2v) is 9.32. The Morgan fingerprint density at radius 3 is 2.53 bits per heavy atom. The van der Waals surface area contributed by atoms with E-state index >= 15 is 0 Å². The smallest absolute Gasteiger partial charge is 0.317 e. The molecular formula is C22H34N6O2. The van der Waals surface area contributed by atoms with Crippen LogP contribution in [0.1, 0.15) is 44.9 Å². The summed E-state index contributed by atoms with van der Waals surface area (Å²) in [6.45, 7) is 2.61. The maximum Gasteiger partial charge on any atom is 0.317 e. The van der Waals surface area contributed by atoms with Crippen molar-refractivity contribution in [3.05, 3.63) is 18.5 Å². The van der Waals surface area contributed by atoms with Gasteiger partial charge in [0.2, 0.25) is 11.9 Å². The Hall–Kier alpha value is -2.38. The van der Waals surface area contributed by atoms with Gasteiger partial charge >= 0.3 is 6.03 Å². The highest BCUT2D eigenvalue weighted by molar-refractivity contribution is 5.84. The lowest BCUT2D eigenvalue weighted by molar-refractivity contribution is -0.141. The summed E-state index contributed by atoms with van der Waals surface area (Å²) >= 11 is 0. The number of anilines is 1. The van der Waals surface area contributed by atoms with Gasteiger partial charge in [-0.25, -0.2) is 14.8 Å². The highest BCUT2D eigenvalue weighted by atomic mass is 16.2. The standard InChI is InChI=1S/C22H34N6O2/c1-26(2)19(29)22-10-6-13-27(21(30)25-18-8-4-3-5-9-18)14-17(22)15-28(16-22)20-23-11-7-12-24-20/h7,11-12,17-18H,3-6,8-10,13-16H2,1-2H3,(H,25,30)/t17-,22-/m1/s1. The van der Waals surface area contributed by atoms with E-state index in [-0.39, 0.29) is 17.9 Å². The van der Waals surface area contributed by atoms with Gasteiger partial charge in [-0.1, -0.05) is 19.3 Å². The third-order valence-electron chi connectivity index (χ3n) is 7.07. The van der Waals surface area contributed by atoms with Crippen molar-refractivity contribution in [3.8, 4) is 0 Å². The van der Waals surface area contributed by atoms with Crippen molar-refractivity contribution in [1.29, 1.82) is 0 Å². The second-order valence-electron chi connectivity index (χ2n) is 9.32. The van der Waals surface area contributed by atoms with Gasteiger partial charge in [0.1, 0.15) is 0 Å². The summed E-state index contributed by atoms with van der Waals surface area (Å²) in [5.41, 5.74) is -0.497. The Labute approximate surface area is 179 Å². The van der Waals surface area contributed by atoms with Crippen LogP contribution >= 0.6 is 0 Å². The molecule has 2 atom stereocenters. The maximum atomic E-state index is 13.4. The van der Waals surface area contributed by atoms with Crippen LogP contribution in [0.3, 0.4) is 0 Å². The van der Waals surface area contributed by atoms with Gasteiger partial charge in [-0.2, -0.15) is 0 Å². The Balaban J connectivity index is 1.53. The lowest BCUT2D eigenvalue weighted by Gasteiger charge is -2.34. The van der Waals surface area contributed by atoms with Crippen LogP contribution in [0.15, 0.2) is 18.5 Å². The predicted octanol–water partition coefficient (Wildman–Crippen LogP) is 2.13. The first-order chi connectivity index (χ1) is 14.5. The van der Waals surface area contributed by atoms with Crippen molar-refractivity contribution in [2.75, 3.05) is 45.2 Å². The molecule has 1 N–H and O–H groups in total. The first-order valence-corrected chi connectivity index (χ1v) is 11.3. The van der Waals surface area contributed by atoms with Gasteiger partial charge < -0.3 is 20.0 Å². The first-order valence-electron chi connectivity index (χ1n) is 11.3. The molecule has 8 heteroatoms. The number of nitrogens with one attached hydrogen (secondary N) is 1. The van der Waals surface area contributed by atoms with Gasteiger partial charge in [0.15, 0.2) is 0 Å². The van der Waals surface area contributed by atoms with Crippen molar-refractivity contribution in [2.24, 2.45) is 11.3 Å². The maximum absolute atomic E-state index is 13.4. The van der Waals surface area contributed by atoms with Crippen molar-refractivity contribution >= 4 is 17.9 Å². The number of urea groups is 1. The van der Waals surface area contributed by atoms with E-state index in [4.69, 9.17) is 0 Å². The van der Waals surface area contributed by atoms with Crippen LogP contribution in [-0.4, -0.2) is 78.0 Å². The Morgan fingerprint density at radius 2 is 1.83 bits per heavy atom. The molecule has 3 aliphatic rings. The molecule has 8 nitrogen and oxygen atoms in total. The van der Waals surface area contributed by atoms with Crippen LogP contribution in [0.2, 0.25) is 0 Å². The minimum absolute atomic E-state index is 0.0319. The van der Waals surface area contributed by atoms with Gasteiger partial charge in [-0.05, 0) is 31.7 Å². The number of hydrogen-bond acceptors (Lipinski definition) is 5. The van der Waals surface area contributed by atoms with Gasteiger partial charge in [-0.15, -0.1) is 0 Å². The molecule has 1 aromatic rings. The number of carbonyl (C=O) groups excluding carboxylic acids is 2. The lowest BCUT2D eigenvalue weighted by atomic mass is 9.74. The number of fused-ring (bicyclic) bond motifs is 1. The molecule has 0 aromatic carbocycles. The van der Waals surface area contributed by atoms with E-state index in [2.05, 4.69) is 20.2 Å². The molecule has 1 saturated carbocycles. The van der Waals surface area contributed by atoms with Crippen LogP contribution in [0, 0.1) is 11.3 Å². The minimum Gasteiger partial charge on any atom is -0.348 e. The summed E-state index contributed by atoms with van der Waals surface area (Å²) in [7, 11) is 3.66. The molecule has 30 heavy (non-hydrogen) atoms. The van der Waals surface area contributed by atoms with Crippen LogP contribution in [-0.2, 0) is 4.79 Å². The molecule has 0 spiro atoms. The summed E-state index contributed by atoms with van der Waals surface area (Å²) in [6, 6.07) is 2.13. The molecule has 3 amide bonds. The van der Waals surface area contributed by atoms with Gasteiger partial charge in [-0.3, -0.25) is 4.79 Å². The van der Waals surface area contributed by atoms with E-state index in [0.29, 0.717) is 38.2 Å². The zero-order valence-electron chi connectivity index (χ0n) is 18.2. The average Bonchev–Trinajstić information content (AvgIpc) is 3.03. The summed E-state index contributed by atoms with van der Waals surface area (Å²) in [5, 5.41) is 3.26. The lowest BCUT2D eigenvalue weighted by Crippen LogP contribution is -2.50. The van der Waals surface area contributed by atoms with Crippen LogP contribution < -0.4 is 10.2 Å². The van der Waals surface area contributed by atoms with Crippen molar-refractivity contribution in [1.82, 2.24) is 25.1 Å². The molecular weight excluding hydrogens is 380 g/mol. The number of amides is 3.